The number of ether oxygens (including phenoxy) is 4. The van der Waals surface area contributed by atoms with Crippen LogP contribution in [0.2, 0.25) is 0 Å². The first-order valence-electron chi connectivity index (χ1n) is 28.4. The van der Waals surface area contributed by atoms with Crippen molar-refractivity contribution in [2.75, 3.05) is 19.8 Å². The fourth-order valence-corrected chi connectivity index (χ4v) is 9.75. The van der Waals surface area contributed by atoms with Crippen LogP contribution in [-0.2, 0) is 23.7 Å². The molecule has 2 aliphatic heterocycles. The Kier molecular flexibility index (Phi) is 38.4. The van der Waals surface area contributed by atoms with Gasteiger partial charge in [-0.15, -0.1) is 0 Å². The lowest BCUT2D eigenvalue weighted by atomic mass is 9.97. The SMILES string of the molecule is CCCCCCCCCCCCCCCCCCCCCCCC(=O)N[C@@H](CO[C@@H]1O[C@H](CO)[C@@H](O[C@@H]2O[C@H](CO)[C@@H](O)[C@H](O)[C@@H]2O)[C@H](O)[C@H]1O)[C@H](O)[C@H](O)CCCCCCCCCCCCCC. The molecule has 0 bridgehead atoms. The molecule has 0 spiro atoms. The summed E-state index contributed by atoms with van der Waals surface area (Å²) in [6.45, 7) is 2.63. The van der Waals surface area contributed by atoms with Crippen LogP contribution < -0.4 is 5.32 Å². The number of aliphatic hydroxyl groups is 9. The van der Waals surface area contributed by atoms with Crippen molar-refractivity contribution in [3.8, 4) is 0 Å². The van der Waals surface area contributed by atoms with Crippen LogP contribution in [0.1, 0.15) is 239 Å². The summed E-state index contributed by atoms with van der Waals surface area (Å²) < 4.78 is 22.7. The van der Waals surface area contributed by atoms with Crippen LogP contribution in [0, 0.1) is 0 Å². The molecule has 2 heterocycles. The molecule has 10 N–H and O–H groups in total. The number of hydrogen-bond acceptors (Lipinski definition) is 14. The molecule has 13 atom stereocenters. The lowest BCUT2D eigenvalue weighted by Gasteiger charge is -2.46. The quantitative estimate of drug-likeness (QED) is 0.0265. The average Bonchev–Trinajstić information content (AvgIpc) is 3.35. The van der Waals surface area contributed by atoms with Gasteiger partial charge in [0.2, 0.25) is 5.91 Å². The van der Waals surface area contributed by atoms with Gasteiger partial charge in [0.15, 0.2) is 12.6 Å². The van der Waals surface area contributed by atoms with Crippen molar-refractivity contribution in [3.63, 3.8) is 0 Å². The van der Waals surface area contributed by atoms with Crippen LogP contribution in [0.15, 0.2) is 0 Å². The van der Waals surface area contributed by atoms with Gasteiger partial charge in [-0.25, -0.2) is 0 Å². The highest BCUT2D eigenvalue weighted by Crippen LogP contribution is 2.30. The van der Waals surface area contributed by atoms with Crippen LogP contribution in [0.25, 0.3) is 0 Å². The maximum atomic E-state index is 13.3. The Morgan fingerprint density at radius 3 is 1.28 bits per heavy atom. The summed E-state index contributed by atoms with van der Waals surface area (Å²) in [5, 5.41) is 98.0. The third-order valence-corrected chi connectivity index (χ3v) is 14.4. The molecule has 2 aliphatic rings. The van der Waals surface area contributed by atoms with Crippen molar-refractivity contribution < 1.29 is 69.7 Å². The van der Waals surface area contributed by atoms with Gasteiger partial charge in [0.1, 0.15) is 54.9 Å². The van der Waals surface area contributed by atoms with Crippen molar-refractivity contribution in [1.82, 2.24) is 5.32 Å². The van der Waals surface area contributed by atoms with Gasteiger partial charge in [-0.2, -0.15) is 0 Å². The summed E-state index contributed by atoms with van der Waals surface area (Å²) in [4.78, 5) is 13.3. The number of nitrogens with one attached hydrogen (secondary N) is 1. The number of rotatable bonds is 45. The van der Waals surface area contributed by atoms with Crippen molar-refractivity contribution in [1.29, 1.82) is 0 Å². The van der Waals surface area contributed by atoms with E-state index in [-0.39, 0.29) is 12.3 Å². The summed E-state index contributed by atoms with van der Waals surface area (Å²) in [5.74, 6) is -0.315. The zero-order valence-electron chi connectivity index (χ0n) is 43.4. The smallest absolute Gasteiger partial charge is 0.220 e. The minimum atomic E-state index is -1.80. The molecule has 15 nitrogen and oxygen atoms in total. The Hall–Kier alpha value is -1.05. The minimum Gasteiger partial charge on any atom is -0.394 e. The van der Waals surface area contributed by atoms with E-state index in [0.29, 0.717) is 19.3 Å². The molecule has 0 aliphatic carbocycles. The highest BCUT2D eigenvalue weighted by Gasteiger charge is 2.51. The van der Waals surface area contributed by atoms with Crippen molar-refractivity contribution in [2.45, 2.75) is 318 Å². The predicted octanol–water partition coefficient (Wildman–Crippen LogP) is 7.53. The molecular weight excluding hydrogens is 887 g/mol. The van der Waals surface area contributed by atoms with Gasteiger partial charge in [-0.1, -0.05) is 219 Å². The molecule has 69 heavy (non-hydrogen) atoms. The van der Waals surface area contributed by atoms with Crippen molar-refractivity contribution in [2.24, 2.45) is 0 Å². The number of carbonyl (C=O) groups is 1. The van der Waals surface area contributed by atoms with E-state index in [1.54, 1.807) is 0 Å². The fraction of sp³-hybridized carbons (Fsp3) is 0.981. The Bertz CT molecular complexity index is 1190. The highest BCUT2D eigenvalue weighted by molar-refractivity contribution is 5.76. The standard InChI is InChI=1S/C54H105NO14/c1-3-5-7-9-11-13-15-17-18-19-20-21-22-23-24-25-27-29-31-33-35-37-45(59)55-41(46(60)42(58)36-34-32-30-28-26-16-14-12-10-8-6-4-2)40-66-53-51(65)49(63)52(44(39-57)68-53)69-54-50(64)48(62)47(61)43(38-56)67-54/h41-44,46-54,56-58,60-65H,3-40H2,1-2H3,(H,55,59)/t41-,42+,43+,44+,46-,47+,48-,49+,50-,51+,52+,53+,54-/m0/s1. The Labute approximate surface area is 417 Å². The summed E-state index contributed by atoms with van der Waals surface area (Å²) in [6, 6.07) is -1.09. The maximum absolute atomic E-state index is 13.3. The summed E-state index contributed by atoms with van der Waals surface area (Å²) in [5.41, 5.74) is 0. The molecule has 2 saturated heterocycles. The second-order valence-corrected chi connectivity index (χ2v) is 20.6. The molecule has 15 heteroatoms. The molecule has 0 radical (unpaired) electrons. The second-order valence-electron chi connectivity index (χ2n) is 20.6. The molecule has 1 amide bonds. The van der Waals surface area contributed by atoms with E-state index in [1.165, 1.54) is 161 Å². The van der Waals surface area contributed by atoms with Gasteiger partial charge >= 0.3 is 0 Å². The Balaban J connectivity index is 1.79. The van der Waals surface area contributed by atoms with E-state index >= 15 is 0 Å². The molecule has 2 rings (SSSR count). The molecule has 0 unspecified atom stereocenters. The lowest BCUT2D eigenvalue weighted by molar-refractivity contribution is -0.359. The second kappa shape index (κ2) is 41.3. The molecule has 0 aromatic carbocycles. The van der Waals surface area contributed by atoms with Gasteiger partial charge in [0, 0.05) is 6.42 Å². The van der Waals surface area contributed by atoms with Gasteiger partial charge < -0.3 is 70.2 Å². The number of hydrogen-bond donors (Lipinski definition) is 10. The van der Waals surface area contributed by atoms with Crippen LogP contribution in [-0.4, -0.2) is 151 Å². The van der Waals surface area contributed by atoms with Gasteiger partial charge in [0.05, 0.1) is 32.0 Å². The highest BCUT2D eigenvalue weighted by atomic mass is 16.7. The first-order chi connectivity index (χ1) is 33.5. The largest absolute Gasteiger partial charge is 0.394 e. The van der Waals surface area contributed by atoms with Crippen molar-refractivity contribution in [3.05, 3.63) is 0 Å². The normalized spacial score (nSPS) is 26.5. The van der Waals surface area contributed by atoms with Gasteiger partial charge in [-0.05, 0) is 12.8 Å². The van der Waals surface area contributed by atoms with E-state index in [9.17, 15) is 50.8 Å². The zero-order chi connectivity index (χ0) is 50.5. The van der Waals surface area contributed by atoms with Crippen LogP contribution >= 0.6 is 0 Å². The van der Waals surface area contributed by atoms with Crippen LogP contribution in [0.4, 0.5) is 0 Å². The van der Waals surface area contributed by atoms with E-state index < -0.39 is 99.5 Å². The third-order valence-electron chi connectivity index (χ3n) is 14.4. The number of carbonyl (C=O) groups excluding carboxylic acids is 1. The minimum absolute atomic E-state index is 0.224. The van der Waals surface area contributed by atoms with Crippen LogP contribution in [0.5, 0.6) is 0 Å². The lowest BCUT2D eigenvalue weighted by Crippen LogP contribution is -2.65. The fourth-order valence-electron chi connectivity index (χ4n) is 9.75. The van der Waals surface area contributed by atoms with E-state index in [4.69, 9.17) is 18.9 Å². The molecule has 2 fully saturated rings. The topological polar surface area (TPSA) is 248 Å². The third kappa shape index (κ3) is 27.7. The zero-order valence-corrected chi connectivity index (χ0v) is 43.4. The summed E-state index contributed by atoms with van der Waals surface area (Å²) in [6.07, 6.45) is 22.3. The predicted molar refractivity (Wildman–Crippen MR) is 269 cm³/mol. The average molecular weight is 992 g/mol. The monoisotopic (exact) mass is 992 g/mol. The van der Waals surface area contributed by atoms with Gasteiger partial charge in [0.25, 0.3) is 0 Å². The van der Waals surface area contributed by atoms with E-state index in [0.717, 1.165) is 38.5 Å². The van der Waals surface area contributed by atoms with E-state index in [2.05, 4.69) is 19.2 Å². The number of amides is 1. The van der Waals surface area contributed by atoms with Crippen LogP contribution in [0.3, 0.4) is 0 Å². The Morgan fingerprint density at radius 2 is 0.855 bits per heavy atom. The Morgan fingerprint density at radius 1 is 0.478 bits per heavy atom. The maximum Gasteiger partial charge on any atom is 0.220 e. The molecular formula is C54H105NO14. The molecule has 410 valence electrons. The van der Waals surface area contributed by atoms with Gasteiger partial charge in [-0.3, -0.25) is 4.79 Å². The summed E-state index contributed by atoms with van der Waals surface area (Å²) in [7, 11) is 0. The first-order valence-corrected chi connectivity index (χ1v) is 28.4. The first kappa shape index (κ1) is 64.1. The number of aliphatic hydroxyl groups excluding tert-OH is 9. The number of unbranched alkanes of at least 4 members (excludes halogenated alkanes) is 31. The summed E-state index contributed by atoms with van der Waals surface area (Å²) >= 11 is 0. The molecule has 0 aromatic heterocycles. The molecule has 0 aromatic rings. The van der Waals surface area contributed by atoms with Crippen molar-refractivity contribution >= 4 is 5.91 Å². The van der Waals surface area contributed by atoms with E-state index in [1.807, 2.05) is 0 Å². The molecule has 0 saturated carbocycles.